The van der Waals surface area contributed by atoms with Crippen molar-refractivity contribution in [1.29, 1.82) is 0 Å². The number of aliphatic carboxylic acids is 1. The number of hydrogen-bond acceptors (Lipinski definition) is 3. The van der Waals surface area contributed by atoms with E-state index in [1.165, 1.54) is 22.3 Å². The van der Waals surface area contributed by atoms with E-state index < -0.39 is 11.9 Å². The van der Waals surface area contributed by atoms with Gasteiger partial charge in [-0.3, -0.25) is 4.79 Å². The molecule has 0 radical (unpaired) electrons. The highest BCUT2D eigenvalue weighted by Crippen LogP contribution is 2.47. The molecule has 6 rings (SSSR count). The molecule has 2 heterocycles. The van der Waals surface area contributed by atoms with Crippen LogP contribution in [-0.2, 0) is 9.53 Å². The maximum atomic E-state index is 12.5. The molecule has 2 aromatic rings. The number of rotatable bonds is 3. The van der Waals surface area contributed by atoms with Crippen LogP contribution in [0.3, 0.4) is 0 Å². The van der Waals surface area contributed by atoms with Gasteiger partial charge in [0.1, 0.15) is 6.61 Å². The molecule has 2 aliphatic carbocycles. The second-order valence-electron chi connectivity index (χ2n) is 7.38. The van der Waals surface area contributed by atoms with E-state index >= 15 is 0 Å². The van der Waals surface area contributed by atoms with Crippen molar-refractivity contribution in [2.45, 2.75) is 18.4 Å². The molecule has 132 valence electrons. The highest BCUT2D eigenvalue weighted by atomic mass is 16.6. The number of nitrogens with zero attached hydrogens (tertiary/aromatic N) is 1. The van der Waals surface area contributed by atoms with Crippen LogP contribution in [0.25, 0.3) is 11.1 Å². The van der Waals surface area contributed by atoms with Crippen molar-refractivity contribution in [3.05, 3.63) is 59.7 Å². The first-order valence-corrected chi connectivity index (χ1v) is 8.99. The molecule has 5 heteroatoms. The normalized spacial score (nSPS) is 25.4. The van der Waals surface area contributed by atoms with E-state index in [0.29, 0.717) is 6.54 Å². The highest BCUT2D eigenvalue weighted by Gasteiger charge is 2.57. The van der Waals surface area contributed by atoms with Crippen molar-refractivity contribution >= 4 is 12.1 Å². The Morgan fingerprint density at radius 3 is 2.23 bits per heavy atom. The number of hydrogen-bond donors (Lipinski definition) is 1. The van der Waals surface area contributed by atoms with Crippen molar-refractivity contribution < 1.29 is 19.4 Å². The summed E-state index contributed by atoms with van der Waals surface area (Å²) in [6.07, 6.45) is 0.393. The van der Waals surface area contributed by atoms with Gasteiger partial charge < -0.3 is 14.7 Å². The van der Waals surface area contributed by atoms with Crippen LogP contribution in [0.2, 0.25) is 0 Å². The lowest BCUT2D eigenvalue weighted by molar-refractivity contribution is -0.147. The van der Waals surface area contributed by atoms with Gasteiger partial charge >= 0.3 is 12.1 Å². The minimum Gasteiger partial charge on any atom is -0.481 e. The first-order chi connectivity index (χ1) is 12.6. The zero-order valence-corrected chi connectivity index (χ0v) is 14.2. The van der Waals surface area contributed by atoms with Crippen LogP contribution in [0.4, 0.5) is 4.79 Å². The van der Waals surface area contributed by atoms with Crippen molar-refractivity contribution in [2.24, 2.45) is 11.8 Å². The Morgan fingerprint density at radius 1 is 1.04 bits per heavy atom. The molecule has 0 spiro atoms. The Kier molecular flexibility index (Phi) is 3.32. The van der Waals surface area contributed by atoms with Crippen LogP contribution < -0.4 is 0 Å². The quantitative estimate of drug-likeness (QED) is 0.923. The van der Waals surface area contributed by atoms with Gasteiger partial charge in [0.05, 0.1) is 5.92 Å². The van der Waals surface area contributed by atoms with Gasteiger partial charge in [-0.2, -0.15) is 0 Å². The molecule has 1 N–H and O–H groups in total. The van der Waals surface area contributed by atoms with Gasteiger partial charge in [-0.05, 0) is 34.6 Å². The smallest absolute Gasteiger partial charge is 0.410 e. The monoisotopic (exact) mass is 349 g/mol. The summed E-state index contributed by atoms with van der Waals surface area (Å²) in [6.45, 7) is 0.775. The van der Waals surface area contributed by atoms with Crippen molar-refractivity contribution in [3.8, 4) is 11.1 Å². The summed E-state index contributed by atoms with van der Waals surface area (Å²) in [7, 11) is 0. The molecule has 2 aromatic carbocycles. The first-order valence-electron chi connectivity index (χ1n) is 8.99. The first kappa shape index (κ1) is 15.4. The average Bonchev–Trinajstić information content (AvgIpc) is 3.30. The number of benzene rings is 2. The number of carbonyl (C=O) groups is 2. The number of fused-ring (bicyclic) bond motifs is 4. The van der Waals surface area contributed by atoms with Crippen LogP contribution >= 0.6 is 0 Å². The number of amides is 1. The molecule has 2 aliphatic heterocycles. The fourth-order valence-electron chi connectivity index (χ4n) is 4.87. The lowest BCUT2D eigenvalue weighted by Crippen LogP contribution is -2.45. The molecular formula is C21H19NO4. The Labute approximate surface area is 151 Å². The second kappa shape index (κ2) is 5.59. The summed E-state index contributed by atoms with van der Waals surface area (Å²) in [5.74, 6) is -1.12. The standard InChI is InChI=1S/C21H19NO4/c23-20(24)19-12-9-18(19)22(10-12)21(25)26-11-17-15-7-3-1-5-13(15)14-6-2-4-8-16(14)17/h1-8,12,17-19H,9-11H2,(H,23,24)/t12-,18-,19+/m1/s1. The Hall–Kier alpha value is -2.82. The predicted molar refractivity (Wildman–Crippen MR) is 94.8 cm³/mol. The van der Waals surface area contributed by atoms with E-state index in [1.807, 2.05) is 24.3 Å². The molecule has 0 aromatic heterocycles. The van der Waals surface area contributed by atoms with E-state index in [9.17, 15) is 14.7 Å². The fourth-order valence-corrected chi connectivity index (χ4v) is 4.87. The molecule has 4 aliphatic rings. The summed E-state index contributed by atoms with van der Waals surface area (Å²) in [5.41, 5.74) is 4.74. The summed E-state index contributed by atoms with van der Waals surface area (Å²) in [6, 6.07) is 16.2. The number of ether oxygens (including phenoxy) is 1. The van der Waals surface area contributed by atoms with Crippen molar-refractivity contribution in [3.63, 3.8) is 0 Å². The molecule has 2 bridgehead atoms. The highest BCUT2D eigenvalue weighted by molar-refractivity contribution is 5.80. The molecule has 2 saturated heterocycles. The van der Waals surface area contributed by atoms with Gasteiger partial charge in [0.25, 0.3) is 0 Å². The minimum atomic E-state index is -0.805. The van der Waals surface area contributed by atoms with Crippen LogP contribution in [0.1, 0.15) is 23.5 Å². The Bertz CT molecular complexity index is 863. The van der Waals surface area contributed by atoms with Crippen LogP contribution in [0.15, 0.2) is 48.5 Å². The third-order valence-corrected chi connectivity index (χ3v) is 6.15. The third kappa shape index (κ3) is 2.09. The van der Waals surface area contributed by atoms with Crippen LogP contribution in [0.5, 0.6) is 0 Å². The summed E-state index contributed by atoms with van der Waals surface area (Å²) in [5, 5.41) is 9.26. The predicted octanol–water partition coefficient (Wildman–Crippen LogP) is 3.34. The van der Waals surface area contributed by atoms with Gasteiger partial charge in [0.2, 0.25) is 0 Å². The van der Waals surface area contributed by atoms with E-state index in [0.717, 1.165) is 6.42 Å². The van der Waals surface area contributed by atoms with E-state index in [1.54, 1.807) is 4.90 Å². The number of carboxylic acid groups (broad SMARTS) is 1. The molecule has 0 unspecified atom stereocenters. The Morgan fingerprint density at radius 2 is 1.65 bits per heavy atom. The molecule has 26 heavy (non-hydrogen) atoms. The lowest BCUT2D eigenvalue weighted by Gasteiger charge is -2.32. The van der Waals surface area contributed by atoms with Gasteiger partial charge in [0.15, 0.2) is 0 Å². The molecular weight excluding hydrogens is 330 g/mol. The van der Waals surface area contributed by atoms with Gasteiger partial charge in [0, 0.05) is 18.5 Å². The zero-order valence-electron chi connectivity index (χ0n) is 14.2. The topological polar surface area (TPSA) is 66.8 Å². The van der Waals surface area contributed by atoms with E-state index in [4.69, 9.17) is 4.74 Å². The number of carboxylic acids is 1. The summed E-state index contributed by atoms with van der Waals surface area (Å²) in [4.78, 5) is 25.4. The SMILES string of the molecule is O=C(O)[C@H]1[C@@H]2C[C@H]1N(C(=O)OCC1c3ccccc3-c3ccccc31)C2. The summed E-state index contributed by atoms with van der Waals surface area (Å²) >= 11 is 0. The second-order valence-corrected chi connectivity index (χ2v) is 7.38. The van der Waals surface area contributed by atoms with Gasteiger partial charge in [-0.25, -0.2) is 4.79 Å². The fraction of sp³-hybridized carbons (Fsp3) is 0.333. The van der Waals surface area contributed by atoms with Crippen LogP contribution in [0, 0.1) is 11.8 Å². The van der Waals surface area contributed by atoms with Crippen LogP contribution in [-0.4, -0.2) is 41.3 Å². The summed E-state index contributed by atoms with van der Waals surface area (Å²) < 4.78 is 5.64. The molecule has 3 atom stereocenters. The maximum Gasteiger partial charge on any atom is 0.410 e. The van der Waals surface area contributed by atoms with E-state index in [2.05, 4.69) is 24.3 Å². The molecule has 1 saturated carbocycles. The third-order valence-electron chi connectivity index (χ3n) is 6.15. The van der Waals surface area contributed by atoms with Crippen molar-refractivity contribution in [2.75, 3.05) is 13.2 Å². The van der Waals surface area contributed by atoms with Gasteiger partial charge in [-0.15, -0.1) is 0 Å². The van der Waals surface area contributed by atoms with E-state index in [-0.39, 0.29) is 30.6 Å². The van der Waals surface area contributed by atoms with Gasteiger partial charge in [-0.1, -0.05) is 48.5 Å². The molecule has 1 amide bonds. The largest absolute Gasteiger partial charge is 0.481 e. The molecule has 3 fully saturated rings. The lowest BCUT2D eigenvalue weighted by atomic mass is 9.74. The van der Waals surface area contributed by atoms with Crippen molar-refractivity contribution in [1.82, 2.24) is 4.90 Å². The number of carbonyl (C=O) groups excluding carboxylic acids is 1. The minimum absolute atomic E-state index is 0.0271. The molecule has 5 nitrogen and oxygen atoms in total. The zero-order chi connectivity index (χ0) is 17.8. The maximum absolute atomic E-state index is 12.5. The average molecular weight is 349 g/mol. The Balaban J connectivity index is 1.33.